The van der Waals surface area contributed by atoms with Gasteiger partial charge in [0.2, 0.25) is 11.8 Å². The lowest BCUT2D eigenvalue weighted by atomic mass is 10.0. The first-order valence-corrected chi connectivity index (χ1v) is 18.1. The molecule has 13 heteroatoms. The fourth-order valence-corrected chi connectivity index (χ4v) is 5.50. The molecule has 0 saturated carbocycles. The van der Waals surface area contributed by atoms with Crippen molar-refractivity contribution >= 4 is 35.6 Å². The Balaban J connectivity index is 1.10. The Labute approximate surface area is 330 Å². The van der Waals surface area contributed by atoms with Crippen LogP contribution in [0.1, 0.15) is 39.0 Å². The van der Waals surface area contributed by atoms with E-state index in [9.17, 15) is 24.0 Å². The number of carbonyl (C=O) groups is 5. The monoisotopic (exact) mass is 769 g/mol. The highest BCUT2D eigenvalue weighted by Crippen LogP contribution is 2.21. The number of alkyl carbamates (subject to hydrolysis) is 1. The molecule has 0 aliphatic heterocycles. The first-order chi connectivity index (χ1) is 27.7. The van der Waals surface area contributed by atoms with Crippen LogP contribution in [0.25, 0.3) is 11.1 Å². The van der Waals surface area contributed by atoms with Gasteiger partial charge in [-0.05, 0) is 58.5 Å². The molecular formula is C44H43N5O8. The van der Waals surface area contributed by atoms with Gasteiger partial charge in [-0.1, -0.05) is 109 Å². The van der Waals surface area contributed by atoms with E-state index in [1.165, 1.54) is 0 Å². The number of nitrogens with one attached hydrogen (secondary N) is 5. The van der Waals surface area contributed by atoms with Crippen molar-refractivity contribution < 1.29 is 38.2 Å². The van der Waals surface area contributed by atoms with Crippen LogP contribution in [0.4, 0.5) is 4.79 Å². The zero-order valence-corrected chi connectivity index (χ0v) is 31.3. The summed E-state index contributed by atoms with van der Waals surface area (Å²) in [5.41, 5.74) is 4.92. The van der Waals surface area contributed by atoms with E-state index in [1.807, 2.05) is 72.8 Å². The molecule has 57 heavy (non-hydrogen) atoms. The number of benzene rings is 5. The Hall–Kier alpha value is -7.28. The molecule has 5 aromatic carbocycles. The van der Waals surface area contributed by atoms with Crippen molar-refractivity contribution in [2.45, 2.75) is 32.1 Å². The number of amides is 4. The van der Waals surface area contributed by atoms with E-state index in [4.69, 9.17) is 19.6 Å². The molecule has 0 radical (unpaired) electrons. The molecule has 292 valence electrons. The summed E-state index contributed by atoms with van der Waals surface area (Å²) in [6.45, 7) is -0.104. The maximum absolute atomic E-state index is 13.2. The molecule has 13 nitrogen and oxygen atoms in total. The number of methoxy groups -OCH3 is 1. The number of hydrogen-bond donors (Lipinski definition) is 5. The van der Waals surface area contributed by atoms with E-state index in [-0.39, 0.29) is 25.6 Å². The normalized spacial score (nSPS) is 11.0. The molecular weight excluding hydrogens is 727 g/mol. The molecule has 5 N–H and O–H groups in total. The highest BCUT2D eigenvalue weighted by molar-refractivity contribution is 6.04. The highest BCUT2D eigenvalue weighted by Gasteiger charge is 2.25. The van der Waals surface area contributed by atoms with Crippen molar-refractivity contribution in [3.8, 4) is 16.9 Å². The summed E-state index contributed by atoms with van der Waals surface area (Å²) in [6, 6.07) is 38.0. The van der Waals surface area contributed by atoms with Crippen molar-refractivity contribution in [1.82, 2.24) is 21.3 Å². The third-order valence-electron chi connectivity index (χ3n) is 8.64. The predicted molar refractivity (Wildman–Crippen MR) is 213 cm³/mol. The van der Waals surface area contributed by atoms with Crippen LogP contribution in [-0.4, -0.2) is 61.9 Å². The van der Waals surface area contributed by atoms with Crippen molar-refractivity contribution in [1.29, 1.82) is 5.41 Å². The molecule has 1 unspecified atom stereocenters. The van der Waals surface area contributed by atoms with E-state index in [0.717, 1.165) is 27.8 Å². The van der Waals surface area contributed by atoms with Gasteiger partial charge in [-0.25, -0.2) is 4.79 Å². The molecule has 0 aliphatic carbocycles. The minimum Gasteiger partial charge on any atom is -0.497 e. The fraction of sp³-hybridized carbons (Fsp3) is 0.182. The van der Waals surface area contributed by atoms with Crippen LogP contribution in [0.2, 0.25) is 0 Å². The number of rotatable bonds is 17. The topological polar surface area (TPSA) is 185 Å². The summed E-state index contributed by atoms with van der Waals surface area (Å²) in [5, 5.41) is 18.5. The first-order valence-electron chi connectivity index (χ1n) is 18.1. The number of esters is 1. The van der Waals surface area contributed by atoms with E-state index in [1.54, 1.807) is 67.8 Å². The summed E-state index contributed by atoms with van der Waals surface area (Å²) in [5.74, 6) is -1.85. The summed E-state index contributed by atoms with van der Waals surface area (Å²) >= 11 is 0. The summed E-state index contributed by atoms with van der Waals surface area (Å²) < 4.78 is 15.7. The Morgan fingerprint density at radius 1 is 0.632 bits per heavy atom. The number of hydrogen-bond acceptors (Lipinski definition) is 9. The van der Waals surface area contributed by atoms with Crippen LogP contribution in [0.3, 0.4) is 0 Å². The van der Waals surface area contributed by atoms with Crippen LogP contribution in [0.5, 0.6) is 5.75 Å². The third-order valence-corrected chi connectivity index (χ3v) is 8.64. The first kappa shape index (κ1) is 40.9. The lowest BCUT2D eigenvalue weighted by molar-refractivity contribution is -0.147. The maximum Gasteiger partial charge on any atom is 0.413 e. The van der Waals surface area contributed by atoms with E-state index in [0.29, 0.717) is 23.3 Å². The van der Waals surface area contributed by atoms with Crippen LogP contribution in [0.15, 0.2) is 133 Å². The van der Waals surface area contributed by atoms with Gasteiger partial charge < -0.3 is 30.2 Å². The smallest absolute Gasteiger partial charge is 0.413 e. The van der Waals surface area contributed by atoms with Gasteiger partial charge >= 0.3 is 12.1 Å². The van der Waals surface area contributed by atoms with E-state index < -0.39 is 48.8 Å². The lowest BCUT2D eigenvalue weighted by Crippen LogP contribution is -2.50. The molecule has 0 aliphatic rings. The highest BCUT2D eigenvalue weighted by atomic mass is 16.5. The summed E-state index contributed by atoms with van der Waals surface area (Å²) in [7, 11) is 1.58. The van der Waals surface area contributed by atoms with Crippen molar-refractivity contribution in [3.05, 3.63) is 161 Å². The van der Waals surface area contributed by atoms with Gasteiger partial charge in [0, 0.05) is 17.7 Å². The maximum atomic E-state index is 13.2. The molecule has 0 fully saturated rings. The van der Waals surface area contributed by atoms with Crippen LogP contribution in [-0.2, 0) is 43.5 Å². The van der Waals surface area contributed by atoms with Crippen molar-refractivity contribution in [2.75, 3.05) is 20.2 Å². The lowest BCUT2D eigenvalue weighted by Gasteiger charge is -2.18. The van der Waals surface area contributed by atoms with Gasteiger partial charge in [-0.3, -0.25) is 29.9 Å². The number of ether oxygens (including phenoxy) is 3. The zero-order valence-electron chi connectivity index (χ0n) is 31.3. The van der Waals surface area contributed by atoms with E-state index in [2.05, 4.69) is 21.3 Å². The van der Waals surface area contributed by atoms with Crippen LogP contribution < -0.4 is 26.0 Å². The molecule has 0 aromatic heterocycles. The Morgan fingerprint density at radius 3 is 1.77 bits per heavy atom. The minimum absolute atomic E-state index is 0.00962. The second kappa shape index (κ2) is 21.0. The van der Waals surface area contributed by atoms with Crippen LogP contribution in [0, 0.1) is 5.41 Å². The molecule has 1 atom stereocenters. The van der Waals surface area contributed by atoms with Gasteiger partial charge in [0.15, 0.2) is 0 Å². The molecule has 0 heterocycles. The Kier molecular flexibility index (Phi) is 15.1. The molecule has 0 saturated heterocycles. The van der Waals surface area contributed by atoms with Gasteiger partial charge in [0.05, 0.1) is 20.1 Å². The molecule has 5 aromatic rings. The largest absolute Gasteiger partial charge is 0.497 e. The molecule has 0 bridgehead atoms. The van der Waals surface area contributed by atoms with Crippen LogP contribution >= 0.6 is 0 Å². The number of carbonyl (C=O) groups excluding carboxylic acids is 5. The average Bonchev–Trinajstić information content (AvgIpc) is 3.25. The Morgan fingerprint density at radius 2 is 1.19 bits per heavy atom. The zero-order chi connectivity index (χ0) is 40.4. The fourth-order valence-electron chi connectivity index (χ4n) is 5.50. The molecule has 5 rings (SSSR count). The van der Waals surface area contributed by atoms with E-state index >= 15 is 0 Å². The Bertz CT molecular complexity index is 2130. The SMILES string of the molecule is COc1ccc(CCNC(=O)C(CC(=O)OCc2ccccc2)NC(=O)CNC(=O)c2ccc(-c3ccc(C(=N)NC(=O)OCc4ccccc4)cc3)cc2)cc1. The third kappa shape index (κ3) is 13.2. The van der Waals surface area contributed by atoms with Gasteiger partial charge in [0.1, 0.15) is 30.8 Å². The predicted octanol–water partition coefficient (Wildman–Crippen LogP) is 5.32. The summed E-state index contributed by atoms with van der Waals surface area (Å²) in [4.78, 5) is 64.0. The number of amidine groups is 1. The quantitative estimate of drug-likeness (QED) is 0.0478. The standard InChI is InChI=1S/C44H43N5O8/c1-55-37-22-12-30(13-23-37)24-25-46-43(53)38(26-40(51)56-28-31-8-4-2-5-9-31)48-39(50)27-47-42(52)36-20-16-34(17-21-36)33-14-18-35(19-15-33)41(45)49-44(54)57-29-32-10-6-3-7-11-32/h2-23,38H,24-29H2,1H3,(H,46,53)(H,47,52)(H,48,50)(H2,45,49,54). The van der Waals surface area contributed by atoms with Gasteiger partial charge in [-0.2, -0.15) is 0 Å². The van der Waals surface area contributed by atoms with Crippen molar-refractivity contribution in [3.63, 3.8) is 0 Å². The second-order valence-corrected chi connectivity index (χ2v) is 12.8. The minimum atomic E-state index is -1.24. The average molecular weight is 770 g/mol. The van der Waals surface area contributed by atoms with Gasteiger partial charge in [0.25, 0.3) is 5.91 Å². The van der Waals surface area contributed by atoms with Crippen molar-refractivity contribution in [2.24, 2.45) is 0 Å². The molecule has 0 spiro atoms. The molecule has 4 amide bonds. The summed E-state index contributed by atoms with van der Waals surface area (Å²) in [6.07, 6.45) is -0.645. The van der Waals surface area contributed by atoms with Gasteiger partial charge in [-0.15, -0.1) is 0 Å². The second-order valence-electron chi connectivity index (χ2n) is 12.8.